The number of hydrogen-bond donors (Lipinski definition) is 2. The van der Waals surface area contributed by atoms with Gasteiger partial charge in [-0.25, -0.2) is 4.79 Å². The van der Waals surface area contributed by atoms with Crippen molar-refractivity contribution >= 4 is 6.09 Å². The van der Waals surface area contributed by atoms with Crippen molar-refractivity contribution in [2.24, 2.45) is 0 Å². The van der Waals surface area contributed by atoms with Crippen molar-refractivity contribution in [2.45, 2.75) is 38.0 Å². The Morgan fingerprint density at radius 2 is 2.05 bits per heavy atom. The average molecular weight is 273 g/mol. The fourth-order valence-electron chi connectivity index (χ4n) is 2.17. The minimum absolute atomic E-state index is 0.179. The number of alkyl carbamates (subject to hydrolysis) is 1. The van der Waals surface area contributed by atoms with Gasteiger partial charge in [0.25, 0.3) is 0 Å². The molecule has 20 heavy (non-hydrogen) atoms. The zero-order valence-corrected chi connectivity index (χ0v) is 11.3. The maximum atomic E-state index is 11.6. The largest absolute Gasteiger partial charge is 0.445 e. The van der Waals surface area contributed by atoms with E-state index in [1.807, 2.05) is 30.3 Å². The summed E-state index contributed by atoms with van der Waals surface area (Å²) in [6.07, 6.45) is 1.94. The minimum atomic E-state index is -0.366. The molecule has 0 aromatic heterocycles. The first-order valence-electron chi connectivity index (χ1n) is 6.85. The lowest BCUT2D eigenvalue weighted by Gasteiger charge is -2.36. The van der Waals surface area contributed by atoms with E-state index in [0.717, 1.165) is 18.4 Å². The summed E-state index contributed by atoms with van der Waals surface area (Å²) in [5.74, 6) is 0. The molecule has 1 amide bonds. The monoisotopic (exact) mass is 273 g/mol. The number of carbonyl (C=O) groups excluding carboxylic acids is 1. The summed E-state index contributed by atoms with van der Waals surface area (Å²) in [6, 6.07) is 12.3. The third kappa shape index (κ3) is 4.56. The molecule has 1 aromatic rings. The van der Waals surface area contributed by atoms with Gasteiger partial charge in [0.1, 0.15) is 6.61 Å². The van der Waals surface area contributed by atoms with Crippen molar-refractivity contribution in [1.82, 2.24) is 10.6 Å². The summed E-state index contributed by atoms with van der Waals surface area (Å²) in [4.78, 5) is 11.6. The van der Waals surface area contributed by atoms with Crippen molar-refractivity contribution < 1.29 is 9.53 Å². The number of rotatable bonds is 6. The number of nitrogens with zero attached hydrogens (tertiary/aromatic N) is 1. The molecule has 1 fully saturated rings. The highest BCUT2D eigenvalue weighted by Gasteiger charge is 2.29. The third-order valence-corrected chi connectivity index (χ3v) is 3.34. The van der Waals surface area contributed by atoms with Crippen LogP contribution >= 0.6 is 0 Å². The smallest absolute Gasteiger partial charge is 0.407 e. The van der Waals surface area contributed by atoms with Crippen LogP contribution in [0.1, 0.15) is 24.8 Å². The van der Waals surface area contributed by atoms with Crippen LogP contribution in [0, 0.1) is 11.3 Å². The highest BCUT2D eigenvalue weighted by molar-refractivity contribution is 5.67. The summed E-state index contributed by atoms with van der Waals surface area (Å²) in [7, 11) is 0. The molecular weight excluding hydrogens is 254 g/mol. The number of amides is 1. The van der Waals surface area contributed by atoms with Crippen molar-refractivity contribution in [1.29, 1.82) is 5.26 Å². The van der Waals surface area contributed by atoms with Crippen LogP contribution in [-0.2, 0) is 11.3 Å². The van der Waals surface area contributed by atoms with Gasteiger partial charge in [0.05, 0.1) is 6.07 Å². The Balaban J connectivity index is 1.57. The Kier molecular flexibility index (Phi) is 5.39. The summed E-state index contributed by atoms with van der Waals surface area (Å²) in [5.41, 5.74) is 0.979. The van der Waals surface area contributed by atoms with E-state index in [1.165, 1.54) is 0 Å². The van der Waals surface area contributed by atoms with Gasteiger partial charge in [-0.3, -0.25) is 0 Å². The van der Waals surface area contributed by atoms with E-state index in [9.17, 15) is 4.79 Å². The molecule has 1 aromatic carbocycles. The molecule has 1 saturated carbocycles. The molecule has 5 nitrogen and oxygen atoms in total. The predicted molar refractivity (Wildman–Crippen MR) is 74.8 cm³/mol. The van der Waals surface area contributed by atoms with Crippen molar-refractivity contribution in [2.75, 3.05) is 6.54 Å². The van der Waals surface area contributed by atoms with E-state index in [-0.39, 0.29) is 12.1 Å². The molecule has 1 aliphatic carbocycles. The first kappa shape index (κ1) is 14.4. The van der Waals surface area contributed by atoms with Gasteiger partial charge in [-0.05, 0) is 18.4 Å². The molecule has 0 aliphatic heterocycles. The van der Waals surface area contributed by atoms with Gasteiger partial charge < -0.3 is 15.4 Å². The summed E-state index contributed by atoms with van der Waals surface area (Å²) in [6.45, 7) is 1.01. The molecule has 0 atom stereocenters. The first-order valence-corrected chi connectivity index (χ1v) is 6.85. The quantitative estimate of drug-likeness (QED) is 0.777. The summed E-state index contributed by atoms with van der Waals surface area (Å²) < 4.78 is 5.15. The van der Waals surface area contributed by atoms with Gasteiger partial charge in [0.15, 0.2) is 0 Å². The van der Waals surface area contributed by atoms with Gasteiger partial charge in [-0.1, -0.05) is 30.3 Å². The predicted octanol–water partition coefficient (Wildman–Crippen LogP) is 1.95. The Labute approximate surface area is 118 Å². The van der Waals surface area contributed by atoms with Crippen LogP contribution in [0.3, 0.4) is 0 Å². The molecule has 0 unspecified atom stereocenters. The van der Waals surface area contributed by atoms with Crippen molar-refractivity contribution in [3.05, 3.63) is 35.9 Å². The van der Waals surface area contributed by atoms with Crippen LogP contribution in [0.5, 0.6) is 0 Å². The zero-order valence-electron chi connectivity index (χ0n) is 11.3. The Bertz CT molecular complexity index is 464. The number of ether oxygens (including phenoxy) is 1. The number of nitrogens with one attached hydrogen (secondary N) is 2. The molecular formula is C15H19N3O2. The second-order valence-electron chi connectivity index (χ2n) is 4.93. The van der Waals surface area contributed by atoms with Gasteiger partial charge in [0, 0.05) is 25.0 Å². The third-order valence-electron chi connectivity index (χ3n) is 3.34. The normalized spacial score (nSPS) is 20.6. The molecule has 2 rings (SSSR count). The Hall–Kier alpha value is -2.06. The fourth-order valence-corrected chi connectivity index (χ4v) is 2.17. The van der Waals surface area contributed by atoms with Crippen LogP contribution in [0.4, 0.5) is 4.79 Å². The standard InChI is InChI=1S/C15H19N3O2/c16-7-4-8-17-13-9-14(10-13)18-15(19)20-11-12-5-2-1-3-6-12/h1-3,5-6,13-14,17H,4,8-11H2,(H,18,19). The summed E-state index contributed by atoms with van der Waals surface area (Å²) in [5, 5.41) is 14.5. The summed E-state index contributed by atoms with van der Waals surface area (Å²) >= 11 is 0. The van der Waals surface area contributed by atoms with E-state index in [4.69, 9.17) is 10.00 Å². The van der Waals surface area contributed by atoms with Crippen molar-refractivity contribution in [3.63, 3.8) is 0 Å². The van der Waals surface area contributed by atoms with Crippen LogP contribution in [0.2, 0.25) is 0 Å². The molecule has 0 saturated heterocycles. The number of nitriles is 1. The van der Waals surface area contributed by atoms with Gasteiger partial charge in [-0.15, -0.1) is 0 Å². The lowest BCUT2D eigenvalue weighted by atomic mass is 9.87. The maximum absolute atomic E-state index is 11.6. The lowest BCUT2D eigenvalue weighted by Crippen LogP contribution is -2.52. The topological polar surface area (TPSA) is 74.2 Å². The minimum Gasteiger partial charge on any atom is -0.445 e. The van der Waals surface area contributed by atoms with Crippen LogP contribution in [0.15, 0.2) is 30.3 Å². The van der Waals surface area contributed by atoms with Crippen molar-refractivity contribution in [3.8, 4) is 6.07 Å². The average Bonchev–Trinajstić information content (AvgIpc) is 2.43. The highest BCUT2D eigenvalue weighted by Crippen LogP contribution is 2.19. The van der Waals surface area contributed by atoms with E-state index < -0.39 is 0 Å². The number of benzene rings is 1. The molecule has 2 N–H and O–H groups in total. The Morgan fingerprint density at radius 1 is 1.30 bits per heavy atom. The second kappa shape index (κ2) is 7.51. The highest BCUT2D eigenvalue weighted by atomic mass is 16.5. The molecule has 0 heterocycles. The molecule has 106 valence electrons. The van der Waals surface area contributed by atoms with Crippen LogP contribution < -0.4 is 10.6 Å². The van der Waals surface area contributed by atoms with Gasteiger partial charge >= 0.3 is 6.09 Å². The van der Waals surface area contributed by atoms with E-state index in [0.29, 0.717) is 25.6 Å². The van der Waals surface area contributed by atoms with E-state index in [1.54, 1.807) is 0 Å². The first-order chi connectivity index (χ1) is 9.78. The molecule has 1 aliphatic rings. The number of carbonyl (C=O) groups is 1. The van der Waals surface area contributed by atoms with Crippen LogP contribution in [-0.4, -0.2) is 24.7 Å². The zero-order chi connectivity index (χ0) is 14.2. The Morgan fingerprint density at radius 3 is 2.75 bits per heavy atom. The molecule has 0 radical (unpaired) electrons. The van der Waals surface area contributed by atoms with Gasteiger partial charge in [-0.2, -0.15) is 5.26 Å². The van der Waals surface area contributed by atoms with E-state index in [2.05, 4.69) is 16.7 Å². The van der Waals surface area contributed by atoms with Gasteiger partial charge in [0.2, 0.25) is 0 Å². The molecule has 0 spiro atoms. The van der Waals surface area contributed by atoms with Crippen LogP contribution in [0.25, 0.3) is 0 Å². The second-order valence-corrected chi connectivity index (χ2v) is 4.93. The SMILES string of the molecule is N#CCCNC1CC(NC(=O)OCc2ccccc2)C1. The fraction of sp³-hybridized carbons (Fsp3) is 0.467. The van der Waals surface area contributed by atoms with E-state index >= 15 is 0 Å². The molecule has 5 heteroatoms. The number of hydrogen-bond acceptors (Lipinski definition) is 4. The maximum Gasteiger partial charge on any atom is 0.407 e. The molecule has 0 bridgehead atoms. The lowest BCUT2D eigenvalue weighted by molar-refractivity contribution is 0.125.